The highest BCUT2D eigenvalue weighted by atomic mass is 31.2. The molecule has 0 aromatic rings. The first-order chi connectivity index (χ1) is 14.9. The molecule has 1 N–H and O–H groups in total. The van der Waals surface area contributed by atoms with E-state index < -0.39 is 7.82 Å². The lowest BCUT2D eigenvalue weighted by molar-refractivity contribution is 0.00888. The van der Waals surface area contributed by atoms with Gasteiger partial charge >= 0.3 is 7.82 Å². The predicted octanol–water partition coefficient (Wildman–Crippen LogP) is 8.67. The van der Waals surface area contributed by atoms with Gasteiger partial charge in [0.2, 0.25) is 0 Å². The second-order valence-corrected chi connectivity index (χ2v) is 11.8. The third-order valence-electron chi connectivity index (χ3n) is 7.92. The lowest BCUT2D eigenvalue weighted by Gasteiger charge is -2.38. The summed E-state index contributed by atoms with van der Waals surface area (Å²) >= 11 is 0. The predicted molar refractivity (Wildman–Crippen MR) is 130 cm³/mol. The molecule has 0 bridgehead atoms. The Morgan fingerprint density at radius 2 is 1.06 bits per heavy atom. The molecule has 2 aliphatic rings. The van der Waals surface area contributed by atoms with Crippen LogP contribution in [0.2, 0.25) is 0 Å². The molecule has 184 valence electrons. The summed E-state index contributed by atoms with van der Waals surface area (Å²) in [6, 6.07) is 0. The molecule has 0 amide bonds. The van der Waals surface area contributed by atoms with E-state index in [1.54, 1.807) is 0 Å². The zero-order chi connectivity index (χ0) is 22.7. The second-order valence-electron chi connectivity index (χ2n) is 10.5. The van der Waals surface area contributed by atoms with Crippen molar-refractivity contribution in [3.8, 4) is 0 Å². The molecule has 0 aromatic carbocycles. The Morgan fingerprint density at radius 1 is 0.645 bits per heavy atom. The van der Waals surface area contributed by atoms with Crippen LogP contribution in [0.5, 0.6) is 0 Å². The maximum atomic E-state index is 12.9. The highest BCUT2D eigenvalue weighted by Crippen LogP contribution is 2.52. The summed E-state index contributed by atoms with van der Waals surface area (Å²) in [5.41, 5.74) is 0. The van der Waals surface area contributed by atoms with Crippen LogP contribution in [0.15, 0.2) is 0 Å². The summed E-state index contributed by atoms with van der Waals surface area (Å²) in [7, 11) is -4.00. The molecule has 0 heterocycles. The number of phosphoric ester groups is 1. The monoisotopic (exact) mass is 458 g/mol. The topological polar surface area (TPSA) is 55.8 Å². The van der Waals surface area contributed by atoms with Gasteiger partial charge in [0, 0.05) is 0 Å². The van der Waals surface area contributed by atoms with E-state index in [9.17, 15) is 9.46 Å². The molecule has 6 unspecified atom stereocenters. The fraction of sp³-hybridized carbons (Fsp3) is 1.00. The van der Waals surface area contributed by atoms with Crippen LogP contribution in [-0.4, -0.2) is 17.1 Å². The Bertz CT molecular complexity index is 484. The lowest BCUT2D eigenvalue weighted by Crippen LogP contribution is -2.31. The molecular formula is C26H51O4P. The molecule has 31 heavy (non-hydrogen) atoms. The Balaban J connectivity index is 1.87. The molecule has 2 rings (SSSR count). The van der Waals surface area contributed by atoms with Crippen molar-refractivity contribution in [2.45, 2.75) is 143 Å². The zero-order valence-electron chi connectivity index (χ0n) is 20.9. The van der Waals surface area contributed by atoms with Gasteiger partial charge in [-0.05, 0) is 62.2 Å². The molecule has 2 aliphatic carbocycles. The van der Waals surface area contributed by atoms with E-state index in [-0.39, 0.29) is 12.2 Å². The molecule has 2 saturated carbocycles. The zero-order valence-corrected chi connectivity index (χ0v) is 21.8. The summed E-state index contributed by atoms with van der Waals surface area (Å²) in [4.78, 5) is 10.6. The SMILES string of the molecule is CCCCC1CCC(OP(=O)(O)OC2CCC(CCCC)C(CCC)C2)CC1CCC. The van der Waals surface area contributed by atoms with Gasteiger partial charge < -0.3 is 4.89 Å². The minimum absolute atomic E-state index is 0.127. The van der Waals surface area contributed by atoms with E-state index in [0.29, 0.717) is 11.8 Å². The third kappa shape index (κ3) is 9.48. The number of hydrogen-bond donors (Lipinski definition) is 1. The van der Waals surface area contributed by atoms with E-state index in [1.807, 2.05) is 0 Å². The minimum Gasteiger partial charge on any atom is -0.302 e. The van der Waals surface area contributed by atoms with Crippen LogP contribution in [0.4, 0.5) is 0 Å². The number of unbranched alkanes of at least 4 members (excludes halogenated alkanes) is 2. The largest absolute Gasteiger partial charge is 0.472 e. The lowest BCUT2D eigenvalue weighted by atomic mass is 9.74. The van der Waals surface area contributed by atoms with Gasteiger partial charge in [0.05, 0.1) is 12.2 Å². The fourth-order valence-electron chi connectivity index (χ4n) is 6.30. The van der Waals surface area contributed by atoms with Crippen molar-refractivity contribution in [1.82, 2.24) is 0 Å². The Kier molecular flexibility index (Phi) is 12.7. The van der Waals surface area contributed by atoms with Crippen LogP contribution in [0.1, 0.15) is 130 Å². The van der Waals surface area contributed by atoms with Gasteiger partial charge in [-0.3, -0.25) is 9.05 Å². The van der Waals surface area contributed by atoms with Crippen LogP contribution in [-0.2, 0) is 13.6 Å². The minimum atomic E-state index is -4.00. The van der Waals surface area contributed by atoms with E-state index in [1.165, 1.54) is 64.2 Å². The van der Waals surface area contributed by atoms with Crippen molar-refractivity contribution >= 4 is 7.82 Å². The summed E-state index contributed by atoms with van der Waals surface area (Å²) in [5, 5.41) is 0. The summed E-state index contributed by atoms with van der Waals surface area (Å²) < 4.78 is 24.5. The quantitative estimate of drug-likeness (QED) is 0.265. The Morgan fingerprint density at radius 3 is 1.42 bits per heavy atom. The molecule has 4 nitrogen and oxygen atoms in total. The molecule has 0 radical (unpaired) electrons. The van der Waals surface area contributed by atoms with Gasteiger partial charge in [0.1, 0.15) is 0 Å². The highest BCUT2D eigenvalue weighted by molar-refractivity contribution is 7.47. The molecule has 0 saturated heterocycles. The maximum Gasteiger partial charge on any atom is 0.472 e. The van der Waals surface area contributed by atoms with Gasteiger partial charge in [-0.15, -0.1) is 0 Å². The van der Waals surface area contributed by atoms with Crippen molar-refractivity contribution in [1.29, 1.82) is 0 Å². The molecule has 0 aromatic heterocycles. The standard InChI is InChI=1S/C26H51O4P/c1-5-9-13-21-15-17-25(19-23(21)11-7-3)29-31(27,28)30-26-18-16-22(14-10-6-2)24(20-26)12-8-4/h21-26H,5-20H2,1-4H3,(H,27,28). The number of hydrogen-bond acceptors (Lipinski definition) is 3. The van der Waals surface area contributed by atoms with Gasteiger partial charge in [-0.1, -0.05) is 91.9 Å². The van der Waals surface area contributed by atoms with E-state index >= 15 is 0 Å². The maximum absolute atomic E-state index is 12.9. The van der Waals surface area contributed by atoms with Crippen LogP contribution in [0, 0.1) is 23.7 Å². The first-order valence-corrected chi connectivity index (χ1v) is 15.1. The van der Waals surface area contributed by atoms with Crippen molar-refractivity contribution in [3.63, 3.8) is 0 Å². The molecule has 5 heteroatoms. The average molecular weight is 459 g/mol. The summed E-state index contributed by atoms with van der Waals surface area (Å²) in [6.45, 7) is 8.99. The first kappa shape index (κ1) is 27.4. The van der Waals surface area contributed by atoms with Gasteiger partial charge in [-0.2, -0.15) is 0 Å². The fourth-order valence-corrected chi connectivity index (χ4v) is 7.49. The summed E-state index contributed by atoms with van der Waals surface area (Å²) in [5.74, 6) is 2.76. The van der Waals surface area contributed by atoms with E-state index in [2.05, 4.69) is 27.7 Å². The highest BCUT2D eigenvalue weighted by Gasteiger charge is 2.38. The first-order valence-electron chi connectivity index (χ1n) is 13.6. The number of phosphoric acid groups is 1. The van der Waals surface area contributed by atoms with Crippen LogP contribution in [0.3, 0.4) is 0 Å². The van der Waals surface area contributed by atoms with Gasteiger partial charge in [0.15, 0.2) is 0 Å². The normalized spacial score (nSPS) is 33.8. The molecule has 0 aliphatic heterocycles. The Labute approximate surface area is 192 Å². The second kappa shape index (κ2) is 14.4. The van der Waals surface area contributed by atoms with Crippen molar-refractivity contribution < 1.29 is 18.5 Å². The van der Waals surface area contributed by atoms with Crippen LogP contribution < -0.4 is 0 Å². The van der Waals surface area contributed by atoms with Crippen molar-refractivity contribution in [2.75, 3.05) is 0 Å². The van der Waals surface area contributed by atoms with E-state index in [0.717, 1.165) is 50.4 Å². The van der Waals surface area contributed by atoms with Crippen LogP contribution >= 0.6 is 7.82 Å². The molecule has 2 fully saturated rings. The molecule has 0 spiro atoms. The average Bonchev–Trinajstić information content (AvgIpc) is 2.72. The van der Waals surface area contributed by atoms with Crippen molar-refractivity contribution in [3.05, 3.63) is 0 Å². The van der Waals surface area contributed by atoms with Crippen molar-refractivity contribution in [2.24, 2.45) is 23.7 Å². The van der Waals surface area contributed by atoms with Crippen LogP contribution in [0.25, 0.3) is 0 Å². The van der Waals surface area contributed by atoms with E-state index in [4.69, 9.17) is 9.05 Å². The number of rotatable bonds is 14. The Hall–Kier alpha value is 0.110. The molecular weight excluding hydrogens is 407 g/mol. The summed E-state index contributed by atoms with van der Waals surface area (Å²) in [6.07, 6.45) is 18.0. The van der Waals surface area contributed by atoms with Gasteiger partial charge in [-0.25, -0.2) is 4.57 Å². The molecule has 6 atom stereocenters. The third-order valence-corrected chi connectivity index (χ3v) is 9.05. The smallest absolute Gasteiger partial charge is 0.302 e. The van der Waals surface area contributed by atoms with Gasteiger partial charge in [0.25, 0.3) is 0 Å².